The van der Waals surface area contributed by atoms with Crippen molar-refractivity contribution in [1.29, 1.82) is 0 Å². The minimum atomic E-state index is -3.61. The van der Waals surface area contributed by atoms with Gasteiger partial charge in [-0.2, -0.15) is 0 Å². The van der Waals surface area contributed by atoms with Gasteiger partial charge < -0.3 is 10.2 Å². The fourth-order valence-electron chi connectivity index (χ4n) is 3.85. The standard InChI is InChI=1S/C26H34Cl3N3O4S/c1-5-18(3)30-26(34)24(6-2)31(17-21-22(28)12-8-13-23(21)29)25(33)14-9-15-32(37(4,35)36)20-11-7-10-19(27)16-20/h7-8,10-13,16,18,24H,5-6,9,14-15,17H2,1-4H3,(H,30,34). The molecule has 0 aliphatic heterocycles. The largest absolute Gasteiger partial charge is 0.352 e. The summed E-state index contributed by atoms with van der Waals surface area (Å²) in [6.07, 6.45) is 2.48. The van der Waals surface area contributed by atoms with E-state index in [-0.39, 0.29) is 43.8 Å². The minimum Gasteiger partial charge on any atom is -0.352 e. The molecule has 0 radical (unpaired) electrons. The molecule has 2 aromatic carbocycles. The van der Waals surface area contributed by atoms with Gasteiger partial charge in [-0.15, -0.1) is 0 Å². The lowest BCUT2D eigenvalue weighted by atomic mass is 10.1. The zero-order chi connectivity index (χ0) is 27.8. The Morgan fingerprint density at radius 2 is 1.62 bits per heavy atom. The number of carbonyl (C=O) groups is 2. The number of nitrogens with one attached hydrogen (secondary N) is 1. The van der Waals surface area contributed by atoms with E-state index in [2.05, 4.69) is 5.32 Å². The van der Waals surface area contributed by atoms with Crippen LogP contribution in [0.4, 0.5) is 5.69 Å². The van der Waals surface area contributed by atoms with Crippen molar-refractivity contribution >= 4 is 62.3 Å². The zero-order valence-corrected chi connectivity index (χ0v) is 24.6. The Hall–Kier alpha value is -2.00. The molecule has 0 bridgehead atoms. The number of halogens is 3. The van der Waals surface area contributed by atoms with E-state index in [1.165, 1.54) is 9.21 Å². The maximum Gasteiger partial charge on any atom is 0.243 e. The van der Waals surface area contributed by atoms with E-state index in [4.69, 9.17) is 34.8 Å². The summed E-state index contributed by atoms with van der Waals surface area (Å²) < 4.78 is 26.1. The van der Waals surface area contributed by atoms with Crippen LogP contribution in [0.3, 0.4) is 0 Å². The first-order valence-corrected chi connectivity index (χ1v) is 15.1. The molecule has 0 spiro atoms. The average molecular weight is 591 g/mol. The summed E-state index contributed by atoms with van der Waals surface area (Å²) in [5.74, 6) is -0.563. The van der Waals surface area contributed by atoms with Crippen molar-refractivity contribution in [3.63, 3.8) is 0 Å². The summed E-state index contributed by atoms with van der Waals surface area (Å²) in [6.45, 7) is 5.82. The first kappa shape index (κ1) is 31.2. The van der Waals surface area contributed by atoms with Gasteiger partial charge in [-0.3, -0.25) is 13.9 Å². The Bertz CT molecular complexity index is 1170. The third kappa shape index (κ3) is 9.06. The van der Waals surface area contributed by atoms with Gasteiger partial charge in [0.2, 0.25) is 21.8 Å². The van der Waals surface area contributed by atoms with Crippen LogP contribution in [-0.4, -0.2) is 50.0 Å². The molecule has 2 unspecified atom stereocenters. The van der Waals surface area contributed by atoms with E-state index in [0.29, 0.717) is 32.7 Å². The summed E-state index contributed by atoms with van der Waals surface area (Å²) in [4.78, 5) is 28.1. The molecule has 37 heavy (non-hydrogen) atoms. The van der Waals surface area contributed by atoms with E-state index >= 15 is 0 Å². The van der Waals surface area contributed by atoms with E-state index in [0.717, 1.165) is 12.7 Å². The molecular weight excluding hydrogens is 557 g/mol. The van der Waals surface area contributed by atoms with Crippen LogP contribution in [-0.2, 0) is 26.2 Å². The maximum atomic E-state index is 13.5. The lowest BCUT2D eigenvalue weighted by Gasteiger charge is -2.32. The molecule has 0 aliphatic rings. The normalized spacial score (nSPS) is 13.1. The Morgan fingerprint density at radius 1 is 1.00 bits per heavy atom. The van der Waals surface area contributed by atoms with Crippen LogP contribution >= 0.6 is 34.8 Å². The molecule has 0 heterocycles. The Balaban J connectivity index is 2.28. The van der Waals surface area contributed by atoms with Gasteiger partial charge in [-0.05, 0) is 56.5 Å². The Morgan fingerprint density at radius 3 is 2.16 bits per heavy atom. The third-order valence-corrected chi connectivity index (χ3v) is 8.16. The molecule has 204 valence electrons. The highest BCUT2D eigenvalue weighted by molar-refractivity contribution is 7.92. The van der Waals surface area contributed by atoms with Crippen LogP contribution < -0.4 is 9.62 Å². The molecule has 1 N–H and O–H groups in total. The molecular formula is C26H34Cl3N3O4S. The molecule has 0 aromatic heterocycles. The van der Waals surface area contributed by atoms with E-state index < -0.39 is 16.1 Å². The molecule has 2 amide bonds. The van der Waals surface area contributed by atoms with Crippen LogP contribution in [0.2, 0.25) is 15.1 Å². The summed E-state index contributed by atoms with van der Waals surface area (Å²) in [6, 6.07) is 10.8. The van der Waals surface area contributed by atoms with Crippen LogP contribution in [0.15, 0.2) is 42.5 Å². The van der Waals surface area contributed by atoms with Gasteiger partial charge in [0, 0.05) is 46.2 Å². The fourth-order valence-corrected chi connectivity index (χ4v) is 5.51. The van der Waals surface area contributed by atoms with Crippen molar-refractivity contribution in [3.8, 4) is 0 Å². The van der Waals surface area contributed by atoms with Crippen molar-refractivity contribution in [2.45, 2.75) is 65.1 Å². The molecule has 2 aromatic rings. The monoisotopic (exact) mass is 589 g/mol. The number of anilines is 1. The van der Waals surface area contributed by atoms with E-state index in [9.17, 15) is 18.0 Å². The molecule has 0 aliphatic carbocycles. The highest BCUT2D eigenvalue weighted by atomic mass is 35.5. The van der Waals surface area contributed by atoms with Crippen LogP contribution in [0.5, 0.6) is 0 Å². The fraction of sp³-hybridized carbons (Fsp3) is 0.462. The molecule has 2 atom stereocenters. The Labute approximate surface area is 235 Å². The summed E-state index contributed by atoms with van der Waals surface area (Å²) in [5, 5.41) is 4.15. The van der Waals surface area contributed by atoms with Crippen molar-refractivity contribution in [3.05, 3.63) is 63.1 Å². The summed E-state index contributed by atoms with van der Waals surface area (Å²) >= 11 is 18.8. The lowest BCUT2D eigenvalue weighted by Crippen LogP contribution is -2.50. The van der Waals surface area contributed by atoms with Crippen molar-refractivity contribution in [2.24, 2.45) is 0 Å². The first-order chi connectivity index (χ1) is 17.4. The predicted molar refractivity (Wildman–Crippen MR) is 152 cm³/mol. The molecule has 11 heteroatoms. The maximum absolute atomic E-state index is 13.5. The number of nitrogens with zero attached hydrogens (tertiary/aromatic N) is 2. The first-order valence-electron chi connectivity index (χ1n) is 12.1. The van der Waals surface area contributed by atoms with Gasteiger partial charge >= 0.3 is 0 Å². The van der Waals surface area contributed by atoms with Crippen molar-refractivity contribution < 1.29 is 18.0 Å². The lowest BCUT2D eigenvalue weighted by molar-refractivity contribution is -0.141. The topological polar surface area (TPSA) is 86.8 Å². The SMILES string of the molecule is CCC(C)NC(=O)C(CC)N(Cc1c(Cl)cccc1Cl)C(=O)CCCN(c1cccc(Cl)c1)S(C)(=O)=O. The predicted octanol–water partition coefficient (Wildman–Crippen LogP) is 5.92. The van der Waals surface area contributed by atoms with Crippen LogP contribution in [0.1, 0.15) is 52.0 Å². The number of rotatable bonds is 13. The quantitative estimate of drug-likeness (QED) is 0.314. The second-order valence-corrected chi connectivity index (χ2v) is 12.0. The van der Waals surface area contributed by atoms with Crippen LogP contribution in [0, 0.1) is 0 Å². The van der Waals surface area contributed by atoms with Crippen molar-refractivity contribution in [2.75, 3.05) is 17.1 Å². The molecule has 7 nitrogen and oxygen atoms in total. The van der Waals surface area contributed by atoms with Gasteiger partial charge in [0.1, 0.15) is 6.04 Å². The number of sulfonamides is 1. The number of hydrogen-bond donors (Lipinski definition) is 1. The van der Waals surface area contributed by atoms with Crippen LogP contribution in [0.25, 0.3) is 0 Å². The zero-order valence-electron chi connectivity index (χ0n) is 21.5. The number of benzene rings is 2. The molecule has 2 rings (SSSR count). The molecule has 0 saturated heterocycles. The second kappa shape index (κ2) is 14.2. The van der Waals surface area contributed by atoms with Gasteiger partial charge in [0.15, 0.2) is 0 Å². The molecule has 0 saturated carbocycles. The highest BCUT2D eigenvalue weighted by Crippen LogP contribution is 2.28. The van der Waals surface area contributed by atoms with E-state index in [1.54, 1.807) is 42.5 Å². The summed E-state index contributed by atoms with van der Waals surface area (Å²) in [5.41, 5.74) is 0.965. The van der Waals surface area contributed by atoms with Crippen molar-refractivity contribution in [1.82, 2.24) is 10.2 Å². The average Bonchev–Trinajstić information content (AvgIpc) is 2.82. The highest BCUT2D eigenvalue weighted by Gasteiger charge is 2.30. The molecule has 0 fully saturated rings. The van der Waals surface area contributed by atoms with E-state index in [1.807, 2.05) is 20.8 Å². The van der Waals surface area contributed by atoms with Gasteiger partial charge in [-0.25, -0.2) is 8.42 Å². The number of carbonyl (C=O) groups excluding carboxylic acids is 2. The number of amides is 2. The summed E-state index contributed by atoms with van der Waals surface area (Å²) in [7, 11) is -3.61. The Kier molecular flexibility index (Phi) is 12.0. The second-order valence-electron chi connectivity index (χ2n) is 8.88. The smallest absolute Gasteiger partial charge is 0.243 e. The van der Waals surface area contributed by atoms with Gasteiger partial charge in [-0.1, -0.05) is 60.8 Å². The third-order valence-electron chi connectivity index (χ3n) is 6.03. The minimum absolute atomic E-state index is 0.0156. The number of hydrogen-bond acceptors (Lipinski definition) is 4. The van der Waals surface area contributed by atoms with Gasteiger partial charge in [0.05, 0.1) is 11.9 Å². The van der Waals surface area contributed by atoms with Gasteiger partial charge in [0.25, 0.3) is 0 Å².